The number of aromatic nitrogens is 2. The first-order chi connectivity index (χ1) is 5.77. The summed E-state index contributed by atoms with van der Waals surface area (Å²) in [6, 6.07) is 0. The molecule has 1 N–H and O–H groups in total. The number of nitrogens with one attached hydrogen (secondary N) is 1. The topological polar surface area (TPSA) is 54.9 Å². The number of amides is 1. The Morgan fingerprint density at radius 2 is 2.42 bits per heavy atom. The average molecular weight is 184 g/mol. The van der Waals surface area contributed by atoms with Crippen molar-refractivity contribution < 1.29 is 4.79 Å². The Labute approximate surface area is 74.0 Å². The van der Waals surface area contributed by atoms with Gasteiger partial charge >= 0.3 is 0 Å². The Hall–Kier alpha value is -1.16. The van der Waals surface area contributed by atoms with Crippen LogP contribution in [-0.4, -0.2) is 22.4 Å². The first-order valence-corrected chi connectivity index (χ1v) is 3.95. The fraction of sp³-hybridized carbons (Fsp3) is 0.286. The van der Waals surface area contributed by atoms with Gasteiger partial charge in [-0.3, -0.25) is 4.79 Å². The van der Waals surface area contributed by atoms with E-state index in [0.717, 1.165) is 12.1 Å². The minimum absolute atomic E-state index is 0.118. The van der Waals surface area contributed by atoms with Crippen molar-refractivity contribution in [2.45, 2.75) is 6.42 Å². The molecule has 0 saturated heterocycles. The molecule has 0 radical (unpaired) electrons. The molecule has 0 aromatic carbocycles. The van der Waals surface area contributed by atoms with E-state index in [1.54, 1.807) is 0 Å². The zero-order chi connectivity index (χ0) is 8.55. The van der Waals surface area contributed by atoms with Gasteiger partial charge in [-0.05, 0) is 11.6 Å². The number of halogens is 1. The predicted molar refractivity (Wildman–Crippen MR) is 43.1 cm³/mol. The maximum absolute atomic E-state index is 11.2. The van der Waals surface area contributed by atoms with E-state index in [1.165, 1.54) is 6.20 Å². The molecule has 0 saturated carbocycles. The zero-order valence-electron chi connectivity index (χ0n) is 6.17. The number of fused-ring (bicyclic) bond motifs is 1. The molecule has 4 nitrogen and oxygen atoms in total. The van der Waals surface area contributed by atoms with Crippen LogP contribution in [0.15, 0.2) is 6.20 Å². The van der Waals surface area contributed by atoms with Gasteiger partial charge in [0.1, 0.15) is 0 Å². The van der Waals surface area contributed by atoms with Crippen molar-refractivity contribution in [3.63, 3.8) is 0 Å². The van der Waals surface area contributed by atoms with Crippen LogP contribution in [0.1, 0.15) is 16.1 Å². The molecule has 0 bridgehead atoms. The number of carbonyl (C=O) groups excluding carboxylic acids is 1. The van der Waals surface area contributed by atoms with Gasteiger partial charge in [-0.15, -0.1) is 0 Å². The highest BCUT2D eigenvalue weighted by molar-refractivity contribution is 6.28. The van der Waals surface area contributed by atoms with E-state index < -0.39 is 0 Å². The second-order valence-corrected chi connectivity index (χ2v) is 2.84. The second kappa shape index (κ2) is 2.71. The number of rotatable bonds is 0. The van der Waals surface area contributed by atoms with Gasteiger partial charge in [-0.25, -0.2) is 9.97 Å². The largest absolute Gasteiger partial charge is 0.352 e. The molecule has 0 unspecified atom stereocenters. The lowest BCUT2D eigenvalue weighted by molar-refractivity contribution is 0.0944. The maximum Gasteiger partial charge on any atom is 0.254 e. The van der Waals surface area contributed by atoms with Crippen LogP contribution in [0.25, 0.3) is 0 Å². The number of hydrogen-bond donors (Lipinski definition) is 1. The summed E-state index contributed by atoms with van der Waals surface area (Å²) in [7, 11) is 0. The van der Waals surface area contributed by atoms with Gasteiger partial charge in [-0.1, -0.05) is 0 Å². The quantitative estimate of drug-likeness (QED) is 0.593. The van der Waals surface area contributed by atoms with E-state index in [2.05, 4.69) is 15.3 Å². The number of nitrogens with zero attached hydrogens (tertiary/aromatic N) is 2. The van der Waals surface area contributed by atoms with Crippen LogP contribution in [0.2, 0.25) is 5.28 Å². The van der Waals surface area contributed by atoms with Crippen LogP contribution in [0.3, 0.4) is 0 Å². The summed E-state index contributed by atoms with van der Waals surface area (Å²) < 4.78 is 0. The van der Waals surface area contributed by atoms with Gasteiger partial charge < -0.3 is 5.32 Å². The fourth-order valence-electron chi connectivity index (χ4n) is 1.16. The average Bonchev–Trinajstić information content (AvgIpc) is 2.04. The van der Waals surface area contributed by atoms with Gasteiger partial charge in [0.15, 0.2) is 0 Å². The number of carbonyl (C=O) groups is 1. The summed E-state index contributed by atoms with van der Waals surface area (Å²) in [6.45, 7) is 0.624. The van der Waals surface area contributed by atoms with Crippen molar-refractivity contribution >= 4 is 17.5 Å². The van der Waals surface area contributed by atoms with Gasteiger partial charge in [0.2, 0.25) is 5.28 Å². The molecular formula is C7H6ClN3O. The molecule has 5 heteroatoms. The Morgan fingerprint density at radius 3 is 3.25 bits per heavy atom. The lowest BCUT2D eigenvalue weighted by Gasteiger charge is -2.13. The van der Waals surface area contributed by atoms with Crippen LogP contribution in [0, 0.1) is 0 Å². The fourth-order valence-corrected chi connectivity index (χ4v) is 1.31. The zero-order valence-corrected chi connectivity index (χ0v) is 6.93. The summed E-state index contributed by atoms with van der Waals surface area (Å²) in [5, 5.41) is 2.89. The molecule has 1 amide bonds. The lowest BCUT2D eigenvalue weighted by Crippen LogP contribution is -2.32. The third kappa shape index (κ3) is 1.14. The molecule has 1 aromatic rings. The highest BCUT2D eigenvalue weighted by atomic mass is 35.5. The van der Waals surface area contributed by atoms with Crippen LogP contribution in [-0.2, 0) is 6.42 Å². The first kappa shape index (κ1) is 7.49. The number of hydrogen-bond acceptors (Lipinski definition) is 3. The SMILES string of the molecule is O=C1NCCc2nc(Cl)ncc21. The van der Waals surface area contributed by atoms with Gasteiger partial charge in [0.05, 0.1) is 11.3 Å². The Kier molecular flexibility index (Phi) is 1.69. The highest BCUT2D eigenvalue weighted by Gasteiger charge is 2.17. The van der Waals surface area contributed by atoms with Crippen molar-refractivity contribution in [3.8, 4) is 0 Å². The van der Waals surface area contributed by atoms with Crippen molar-refractivity contribution in [2.75, 3.05) is 6.54 Å². The Bertz CT molecular complexity index is 339. The van der Waals surface area contributed by atoms with E-state index >= 15 is 0 Å². The summed E-state index contributed by atoms with van der Waals surface area (Å²) in [5.74, 6) is -0.118. The van der Waals surface area contributed by atoms with Gasteiger partial charge in [0, 0.05) is 19.2 Å². The first-order valence-electron chi connectivity index (χ1n) is 3.57. The van der Waals surface area contributed by atoms with Crippen LogP contribution in [0.4, 0.5) is 0 Å². The van der Waals surface area contributed by atoms with Crippen molar-refractivity contribution in [1.82, 2.24) is 15.3 Å². The van der Waals surface area contributed by atoms with Crippen LogP contribution < -0.4 is 5.32 Å². The molecule has 1 aromatic heterocycles. The third-order valence-electron chi connectivity index (χ3n) is 1.73. The molecule has 12 heavy (non-hydrogen) atoms. The predicted octanol–water partition coefficient (Wildman–Crippen LogP) is 0.416. The summed E-state index contributed by atoms with van der Waals surface area (Å²) in [6.07, 6.45) is 2.18. The molecule has 1 aliphatic rings. The molecule has 0 aliphatic carbocycles. The molecular weight excluding hydrogens is 178 g/mol. The Balaban J connectivity index is 2.53. The molecule has 0 spiro atoms. The second-order valence-electron chi connectivity index (χ2n) is 2.51. The van der Waals surface area contributed by atoms with E-state index in [9.17, 15) is 4.79 Å². The molecule has 0 atom stereocenters. The van der Waals surface area contributed by atoms with E-state index in [1.807, 2.05) is 0 Å². The van der Waals surface area contributed by atoms with Gasteiger partial charge in [-0.2, -0.15) is 0 Å². The van der Waals surface area contributed by atoms with Crippen molar-refractivity contribution in [2.24, 2.45) is 0 Å². The van der Waals surface area contributed by atoms with Crippen molar-refractivity contribution in [1.29, 1.82) is 0 Å². The third-order valence-corrected chi connectivity index (χ3v) is 1.91. The van der Waals surface area contributed by atoms with E-state index in [4.69, 9.17) is 11.6 Å². The van der Waals surface area contributed by atoms with Crippen molar-refractivity contribution in [3.05, 3.63) is 22.7 Å². The standard InChI is InChI=1S/C7H6ClN3O/c8-7-10-3-4-5(11-7)1-2-9-6(4)12/h3H,1-2H2,(H,9,12). The minimum Gasteiger partial charge on any atom is -0.352 e. The normalized spacial score (nSPS) is 15.2. The van der Waals surface area contributed by atoms with Crippen LogP contribution >= 0.6 is 11.6 Å². The van der Waals surface area contributed by atoms with Crippen LogP contribution in [0.5, 0.6) is 0 Å². The Morgan fingerprint density at radius 1 is 1.58 bits per heavy atom. The maximum atomic E-state index is 11.2. The van der Waals surface area contributed by atoms with Gasteiger partial charge in [0.25, 0.3) is 5.91 Å². The molecule has 1 aliphatic heterocycles. The summed E-state index contributed by atoms with van der Waals surface area (Å²) in [5.41, 5.74) is 1.27. The molecule has 2 heterocycles. The van der Waals surface area contributed by atoms with E-state index in [0.29, 0.717) is 12.1 Å². The smallest absolute Gasteiger partial charge is 0.254 e. The highest BCUT2D eigenvalue weighted by Crippen LogP contribution is 2.11. The molecule has 0 fully saturated rings. The monoisotopic (exact) mass is 183 g/mol. The summed E-state index contributed by atoms with van der Waals surface area (Å²) >= 11 is 5.57. The molecule has 2 rings (SSSR count). The van der Waals surface area contributed by atoms with E-state index in [-0.39, 0.29) is 11.2 Å². The summed E-state index contributed by atoms with van der Waals surface area (Å²) in [4.78, 5) is 18.9. The minimum atomic E-state index is -0.118. The molecule has 62 valence electrons. The lowest BCUT2D eigenvalue weighted by atomic mass is 10.1.